The third-order valence-electron chi connectivity index (χ3n) is 3.42. The van der Waals surface area contributed by atoms with Crippen molar-refractivity contribution in [2.24, 2.45) is 0 Å². The van der Waals surface area contributed by atoms with Crippen molar-refractivity contribution >= 4 is 26.8 Å². The maximum absolute atomic E-state index is 13.4. The van der Waals surface area contributed by atoms with E-state index in [0.29, 0.717) is 15.6 Å². The van der Waals surface area contributed by atoms with Crippen LogP contribution in [0.4, 0.5) is 4.39 Å². The van der Waals surface area contributed by atoms with E-state index in [2.05, 4.69) is 20.9 Å². The summed E-state index contributed by atoms with van der Waals surface area (Å²) in [5.74, 6) is -0.370. The molecule has 0 bridgehead atoms. The van der Waals surface area contributed by atoms with Crippen molar-refractivity contribution in [3.05, 3.63) is 75.6 Å². The number of hydrogen-bond donors (Lipinski definition) is 1. The van der Waals surface area contributed by atoms with Gasteiger partial charge in [0.05, 0.1) is 5.52 Å². The first-order chi connectivity index (χ1) is 10.0. The summed E-state index contributed by atoms with van der Waals surface area (Å²) in [4.78, 5) is 4.43. The van der Waals surface area contributed by atoms with Gasteiger partial charge < -0.3 is 5.11 Å². The first kappa shape index (κ1) is 14.2. The highest BCUT2D eigenvalue weighted by Crippen LogP contribution is 2.30. The van der Waals surface area contributed by atoms with E-state index in [1.165, 1.54) is 12.1 Å². The summed E-state index contributed by atoms with van der Waals surface area (Å²) >= 11 is 3.35. The molecule has 0 saturated heterocycles. The predicted molar refractivity (Wildman–Crippen MR) is 84.6 cm³/mol. The van der Waals surface area contributed by atoms with E-state index in [1.54, 1.807) is 6.07 Å². The molecule has 0 aliphatic rings. The van der Waals surface area contributed by atoms with E-state index >= 15 is 0 Å². The molecule has 1 N–H and O–H groups in total. The van der Waals surface area contributed by atoms with Crippen molar-refractivity contribution in [1.82, 2.24) is 4.98 Å². The van der Waals surface area contributed by atoms with Crippen molar-refractivity contribution in [2.75, 3.05) is 0 Å². The lowest BCUT2D eigenvalue weighted by Gasteiger charge is -2.14. The second-order valence-electron chi connectivity index (χ2n) is 4.97. The summed E-state index contributed by atoms with van der Waals surface area (Å²) in [6.45, 7) is 1.94. The van der Waals surface area contributed by atoms with E-state index < -0.39 is 6.10 Å². The van der Waals surface area contributed by atoms with Crippen molar-refractivity contribution in [3.63, 3.8) is 0 Å². The number of aliphatic hydroxyl groups excluding tert-OH is 1. The minimum absolute atomic E-state index is 0.370. The van der Waals surface area contributed by atoms with Gasteiger partial charge in [-0.1, -0.05) is 28.1 Å². The highest BCUT2D eigenvalue weighted by atomic mass is 79.9. The van der Waals surface area contributed by atoms with Crippen LogP contribution in [0.25, 0.3) is 10.9 Å². The smallest absolute Gasteiger partial charge is 0.123 e. The Morgan fingerprint density at radius 1 is 1.10 bits per heavy atom. The lowest BCUT2D eigenvalue weighted by Crippen LogP contribution is -2.01. The fraction of sp³-hybridized carbons (Fsp3) is 0.118. The molecular formula is C17H13BrFNO. The van der Waals surface area contributed by atoms with Crippen LogP contribution in [0.15, 0.2) is 53.0 Å². The van der Waals surface area contributed by atoms with E-state index in [0.717, 1.165) is 16.6 Å². The van der Waals surface area contributed by atoms with Gasteiger partial charge in [-0.3, -0.25) is 4.98 Å². The minimum atomic E-state index is -0.888. The summed E-state index contributed by atoms with van der Waals surface area (Å²) in [5, 5.41) is 11.4. The first-order valence-corrected chi connectivity index (χ1v) is 7.34. The highest BCUT2D eigenvalue weighted by molar-refractivity contribution is 9.10. The molecule has 2 aromatic carbocycles. The highest BCUT2D eigenvalue weighted by Gasteiger charge is 2.15. The van der Waals surface area contributed by atoms with Crippen molar-refractivity contribution in [1.29, 1.82) is 0 Å². The molecule has 0 amide bonds. The monoisotopic (exact) mass is 345 g/mol. The molecule has 21 heavy (non-hydrogen) atoms. The van der Waals surface area contributed by atoms with Crippen LogP contribution in [-0.4, -0.2) is 10.1 Å². The van der Waals surface area contributed by atoms with Crippen LogP contribution in [0.5, 0.6) is 0 Å². The van der Waals surface area contributed by atoms with Crippen LogP contribution in [0.3, 0.4) is 0 Å². The Labute approximate surface area is 130 Å². The molecule has 0 aliphatic carbocycles. The van der Waals surface area contributed by atoms with Gasteiger partial charge in [0.25, 0.3) is 0 Å². The molecule has 1 heterocycles. The molecule has 0 aliphatic heterocycles. The first-order valence-electron chi connectivity index (χ1n) is 6.55. The molecule has 1 aromatic heterocycles. The fourth-order valence-electron chi connectivity index (χ4n) is 2.32. The number of benzene rings is 2. The number of aromatic nitrogens is 1. The van der Waals surface area contributed by atoms with E-state index in [1.807, 2.05) is 37.3 Å². The molecule has 2 nitrogen and oxygen atoms in total. The topological polar surface area (TPSA) is 33.1 Å². The van der Waals surface area contributed by atoms with Gasteiger partial charge in [-0.25, -0.2) is 4.39 Å². The average molecular weight is 346 g/mol. The molecule has 1 unspecified atom stereocenters. The number of aliphatic hydroxyl groups is 1. The van der Waals surface area contributed by atoms with Gasteiger partial charge >= 0.3 is 0 Å². The van der Waals surface area contributed by atoms with Gasteiger partial charge in [0.2, 0.25) is 0 Å². The Balaban J connectivity index is 2.07. The number of rotatable bonds is 2. The molecule has 4 heteroatoms. The summed E-state index contributed by atoms with van der Waals surface area (Å²) in [7, 11) is 0. The predicted octanol–water partition coefficient (Wildman–Crippen LogP) is 4.53. The maximum atomic E-state index is 13.4. The molecule has 0 saturated carbocycles. The molecule has 3 aromatic rings. The maximum Gasteiger partial charge on any atom is 0.123 e. The minimum Gasteiger partial charge on any atom is -0.384 e. The van der Waals surface area contributed by atoms with Gasteiger partial charge in [0.1, 0.15) is 11.9 Å². The van der Waals surface area contributed by atoms with Crippen LogP contribution in [0, 0.1) is 12.7 Å². The van der Waals surface area contributed by atoms with Crippen LogP contribution < -0.4 is 0 Å². The molecule has 0 radical (unpaired) electrons. The number of halogens is 2. The molecule has 3 rings (SSSR count). The molecule has 106 valence electrons. The van der Waals surface area contributed by atoms with Crippen molar-refractivity contribution < 1.29 is 9.50 Å². The average Bonchev–Trinajstić information content (AvgIpc) is 2.48. The number of nitrogens with zero attached hydrogens (tertiary/aromatic N) is 1. The summed E-state index contributed by atoms with van der Waals surface area (Å²) in [5.41, 5.74) is 3.04. The van der Waals surface area contributed by atoms with Crippen molar-refractivity contribution in [2.45, 2.75) is 13.0 Å². The number of fused-ring (bicyclic) bond motifs is 1. The van der Waals surface area contributed by atoms with Gasteiger partial charge in [-0.15, -0.1) is 0 Å². The fourth-order valence-corrected chi connectivity index (χ4v) is 2.78. The quantitative estimate of drug-likeness (QED) is 0.740. The number of aryl methyl sites for hydroxylation is 1. The number of pyridine rings is 1. The Hall–Kier alpha value is -1.78. The van der Waals surface area contributed by atoms with Crippen LogP contribution in [0.1, 0.15) is 22.9 Å². The lowest BCUT2D eigenvalue weighted by molar-refractivity contribution is 0.219. The molecular weight excluding hydrogens is 333 g/mol. The zero-order valence-electron chi connectivity index (χ0n) is 11.3. The number of hydrogen-bond acceptors (Lipinski definition) is 2. The van der Waals surface area contributed by atoms with E-state index in [4.69, 9.17) is 0 Å². The lowest BCUT2D eigenvalue weighted by atomic mass is 9.99. The molecule has 1 atom stereocenters. The van der Waals surface area contributed by atoms with Crippen LogP contribution >= 0.6 is 15.9 Å². The summed E-state index contributed by atoms with van der Waals surface area (Å²) in [6, 6.07) is 13.7. The van der Waals surface area contributed by atoms with E-state index in [9.17, 15) is 9.50 Å². The summed E-state index contributed by atoms with van der Waals surface area (Å²) < 4.78 is 14.1. The van der Waals surface area contributed by atoms with Gasteiger partial charge in [-0.2, -0.15) is 0 Å². The van der Waals surface area contributed by atoms with Gasteiger partial charge in [0.15, 0.2) is 0 Å². The Kier molecular flexibility index (Phi) is 3.74. The van der Waals surface area contributed by atoms with E-state index in [-0.39, 0.29) is 5.82 Å². The van der Waals surface area contributed by atoms with Gasteiger partial charge in [-0.05, 0) is 48.9 Å². The van der Waals surface area contributed by atoms with Crippen molar-refractivity contribution in [3.8, 4) is 0 Å². The largest absolute Gasteiger partial charge is 0.384 e. The van der Waals surface area contributed by atoms with Crippen LogP contribution in [0.2, 0.25) is 0 Å². The second kappa shape index (κ2) is 5.54. The second-order valence-corrected chi connectivity index (χ2v) is 5.83. The van der Waals surface area contributed by atoms with Crippen LogP contribution in [-0.2, 0) is 0 Å². The normalized spacial score (nSPS) is 12.6. The third kappa shape index (κ3) is 2.82. The molecule has 0 spiro atoms. The standard InChI is InChI=1S/C17H13BrFNO/c1-10-2-3-11-8-12(4-7-16(11)20-10)17(21)14-9-13(19)5-6-15(14)18/h2-9,17,21H,1H3. The molecule has 0 fully saturated rings. The zero-order chi connectivity index (χ0) is 15.0. The Bertz CT molecular complexity index is 819. The van der Waals surface area contributed by atoms with Gasteiger partial charge in [0, 0.05) is 21.1 Å². The summed E-state index contributed by atoms with van der Waals surface area (Å²) in [6.07, 6.45) is -0.888. The zero-order valence-corrected chi connectivity index (χ0v) is 12.9. The third-order valence-corrected chi connectivity index (χ3v) is 4.14. The Morgan fingerprint density at radius 2 is 1.90 bits per heavy atom. The Morgan fingerprint density at radius 3 is 2.71 bits per heavy atom. The SMILES string of the molecule is Cc1ccc2cc(C(O)c3cc(F)ccc3Br)ccc2n1.